The number of rotatable bonds is 9. The lowest BCUT2D eigenvalue weighted by molar-refractivity contribution is 1.06. The second kappa shape index (κ2) is 12.7. The number of hydrogen-bond donors (Lipinski definition) is 0. The topological polar surface area (TPSA) is 0 Å². The summed E-state index contributed by atoms with van der Waals surface area (Å²) in [6.45, 7) is 7.34. The fourth-order valence-electron chi connectivity index (χ4n) is 0.707. The third kappa shape index (κ3) is 11.7. The standard InChI is InChI=1S/C12H18S2/c1-3-5-7-9-11-13-14-12-10-8-6-4-2/h3-4,9-12H,1-2,5-8H2. The molecule has 0 aromatic heterocycles. The zero-order chi connectivity index (χ0) is 10.5. The van der Waals surface area contributed by atoms with Crippen LogP contribution >= 0.6 is 21.6 Å². The molecule has 0 aliphatic heterocycles. The van der Waals surface area contributed by atoms with E-state index in [1.54, 1.807) is 21.6 Å². The first-order valence-electron chi connectivity index (χ1n) is 4.75. The molecule has 78 valence electrons. The van der Waals surface area contributed by atoms with Crippen molar-refractivity contribution < 1.29 is 0 Å². The summed E-state index contributed by atoms with van der Waals surface area (Å²) in [6.07, 6.45) is 12.6. The van der Waals surface area contributed by atoms with E-state index in [1.807, 2.05) is 12.2 Å². The summed E-state index contributed by atoms with van der Waals surface area (Å²) in [6, 6.07) is 0. The molecule has 0 nitrogen and oxygen atoms in total. The van der Waals surface area contributed by atoms with Crippen molar-refractivity contribution in [3.05, 3.63) is 48.3 Å². The van der Waals surface area contributed by atoms with Crippen LogP contribution in [0.5, 0.6) is 0 Å². The Morgan fingerprint density at radius 2 is 1.14 bits per heavy atom. The van der Waals surface area contributed by atoms with Gasteiger partial charge in [-0.15, -0.1) is 13.2 Å². The highest BCUT2D eigenvalue weighted by Crippen LogP contribution is 2.24. The van der Waals surface area contributed by atoms with Gasteiger partial charge in [0.25, 0.3) is 0 Å². The Kier molecular flexibility index (Phi) is 12.4. The van der Waals surface area contributed by atoms with E-state index < -0.39 is 0 Å². The first kappa shape index (κ1) is 13.7. The summed E-state index contributed by atoms with van der Waals surface area (Å²) in [5, 5.41) is 4.26. The Hall–Kier alpha value is -0.340. The van der Waals surface area contributed by atoms with Gasteiger partial charge in [-0.1, -0.05) is 45.9 Å². The van der Waals surface area contributed by atoms with Crippen LogP contribution in [0, 0.1) is 0 Å². The zero-order valence-corrected chi connectivity index (χ0v) is 10.2. The molecule has 0 aliphatic carbocycles. The van der Waals surface area contributed by atoms with E-state index >= 15 is 0 Å². The summed E-state index contributed by atoms with van der Waals surface area (Å²) in [5.74, 6) is 0. The first-order valence-corrected chi connectivity index (χ1v) is 7.03. The summed E-state index contributed by atoms with van der Waals surface area (Å²) < 4.78 is 0. The molecule has 0 rings (SSSR count). The van der Waals surface area contributed by atoms with Crippen molar-refractivity contribution >= 4 is 21.6 Å². The second-order valence-electron chi connectivity index (χ2n) is 2.67. The van der Waals surface area contributed by atoms with Crippen LogP contribution in [0.4, 0.5) is 0 Å². The molecule has 0 aliphatic rings. The van der Waals surface area contributed by atoms with Crippen molar-refractivity contribution in [2.45, 2.75) is 25.7 Å². The largest absolute Gasteiger partial charge is 0.103 e. The number of hydrogen-bond acceptors (Lipinski definition) is 2. The highest BCUT2D eigenvalue weighted by atomic mass is 33.1. The van der Waals surface area contributed by atoms with Crippen molar-refractivity contribution in [3.63, 3.8) is 0 Å². The van der Waals surface area contributed by atoms with E-state index in [-0.39, 0.29) is 0 Å². The molecule has 2 heteroatoms. The van der Waals surface area contributed by atoms with E-state index in [9.17, 15) is 0 Å². The molecule has 0 saturated heterocycles. The van der Waals surface area contributed by atoms with Crippen molar-refractivity contribution in [2.24, 2.45) is 0 Å². The van der Waals surface area contributed by atoms with Gasteiger partial charge in [0.15, 0.2) is 0 Å². The second-order valence-corrected chi connectivity index (χ2v) is 4.75. The minimum absolute atomic E-state index is 1.07. The van der Waals surface area contributed by atoms with Gasteiger partial charge < -0.3 is 0 Å². The average Bonchev–Trinajstić information content (AvgIpc) is 2.21. The van der Waals surface area contributed by atoms with E-state index in [4.69, 9.17) is 0 Å². The molecular formula is C12H18S2. The molecule has 0 spiro atoms. The maximum Gasteiger partial charge on any atom is -0.0218 e. The molecule has 0 heterocycles. The highest BCUT2D eigenvalue weighted by molar-refractivity contribution is 8.78. The molecule has 0 unspecified atom stereocenters. The smallest absolute Gasteiger partial charge is 0.0218 e. The number of unbranched alkanes of at least 4 members (excludes halogenated alkanes) is 2. The SMILES string of the molecule is C=CCCC=CSSC=CCCC=C. The van der Waals surface area contributed by atoms with Crippen LogP contribution in [0.15, 0.2) is 48.3 Å². The van der Waals surface area contributed by atoms with Gasteiger partial charge in [-0.2, -0.15) is 0 Å². The molecule has 0 radical (unpaired) electrons. The molecule has 0 bridgehead atoms. The molecule has 0 aromatic rings. The van der Waals surface area contributed by atoms with Gasteiger partial charge in [0.1, 0.15) is 0 Å². The van der Waals surface area contributed by atoms with Crippen LogP contribution < -0.4 is 0 Å². The minimum atomic E-state index is 1.07. The summed E-state index contributed by atoms with van der Waals surface area (Å²) in [4.78, 5) is 0. The van der Waals surface area contributed by atoms with Crippen molar-refractivity contribution in [1.29, 1.82) is 0 Å². The molecule has 0 N–H and O–H groups in total. The van der Waals surface area contributed by atoms with Gasteiger partial charge in [0.05, 0.1) is 0 Å². The van der Waals surface area contributed by atoms with Crippen LogP contribution in [0.25, 0.3) is 0 Å². The van der Waals surface area contributed by atoms with Gasteiger partial charge in [0.2, 0.25) is 0 Å². The third-order valence-corrected chi connectivity index (χ3v) is 3.15. The molecule has 14 heavy (non-hydrogen) atoms. The van der Waals surface area contributed by atoms with Crippen LogP contribution in [0.3, 0.4) is 0 Å². The number of allylic oxidation sites excluding steroid dienone is 4. The first-order chi connectivity index (χ1) is 6.91. The van der Waals surface area contributed by atoms with E-state index in [1.165, 1.54) is 0 Å². The van der Waals surface area contributed by atoms with Crippen molar-refractivity contribution in [2.75, 3.05) is 0 Å². The zero-order valence-electron chi connectivity index (χ0n) is 8.52. The molecule has 0 saturated carbocycles. The lowest BCUT2D eigenvalue weighted by Gasteiger charge is -1.88. The predicted molar refractivity (Wildman–Crippen MR) is 72.3 cm³/mol. The predicted octanol–water partition coefficient (Wildman–Crippen LogP) is 5.33. The van der Waals surface area contributed by atoms with Gasteiger partial charge in [0, 0.05) is 0 Å². The quantitative estimate of drug-likeness (QED) is 0.296. The molecule has 0 aromatic carbocycles. The van der Waals surface area contributed by atoms with Gasteiger partial charge in [-0.25, -0.2) is 0 Å². The highest BCUT2D eigenvalue weighted by Gasteiger charge is 1.79. The Balaban J connectivity index is 3.18. The maximum atomic E-state index is 3.67. The molecule has 0 amide bonds. The lowest BCUT2D eigenvalue weighted by Crippen LogP contribution is -1.60. The van der Waals surface area contributed by atoms with Crippen molar-refractivity contribution in [1.82, 2.24) is 0 Å². The Morgan fingerprint density at radius 1 is 0.714 bits per heavy atom. The lowest BCUT2D eigenvalue weighted by atomic mass is 10.3. The van der Waals surface area contributed by atoms with Crippen LogP contribution in [-0.4, -0.2) is 0 Å². The van der Waals surface area contributed by atoms with Crippen LogP contribution in [0.1, 0.15) is 25.7 Å². The van der Waals surface area contributed by atoms with E-state index in [2.05, 4.69) is 36.1 Å². The Bertz CT molecular complexity index is 170. The summed E-state index contributed by atoms with van der Waals surface area (Å²) >= 11 is 0. The van der Waals surface area contributed by atoms with Gasteiger partial charge in [-0.3, -0.25) is 0 Å². The van der Waals surface area contributed by atoms with E-state index in [0.29, 0.717) is 0 Å². The maximum absolute atomic E-state index is 3.67. The Labute approximate surface area is 95.6 Å². The fraction of sp³-hybridized carbons (Fsp3) is 0.333. The normalized spacial score (nSPS) is 11.1. The van der Waals surface area contributed by atoms with E-state index in [0.717, 1.165) is 25.7 Å². The van der Waals surface area contributed by atoms with Gasteiger partial charge >= 0.3 is 0 Å². The molecular weight excluding hydrogens is 208 g/mol. The summed E-state index contributed by atoms with van der Waals surface area (Å²) in [7, 11) is 3.50. The monoisotopic (exact) mass is 226 g/mol. The van der Waals surface area contributed by atoms with Crippen LogP contribution in [-0.2, 0) is 0 Å². The fourth-order valence-corrected chi connectivity index (χ4v) is 2.12. The third-order valence-electron chi connectivity index (χ3n) is 1.43. The minimum Gasteiger partial charge on any atom is -0.103 e. The van der Waals surface area contributed by atoms with Crippen LogP contribution in [0.2, 0.25) is 0 Å². The van der Waals surface area contributed by atoms with Gasteiger partial charge in [-0.05, 0) is 36.5 Å². The summed E-state index contributed by atoms with van der Waals surface area (Å²) in [5.41, 5.74) is 0. The molecule has 0 atom stereocenters. The average molecular weight is 226 g/mol. The molecule has 0 fully saturated rings. The Morgan fingerprint density at radius 3 is 1.50 bits per heavy atom. The van der Waals surface area contributed by atoms with Crippen molar-refractivity contribution in [3.8, 4) is 0 Å².